The highest BCUT2D eigenvalue weighted by Gasteiger charge is 2.61. The number of fused-ring (bicyclic) bond motifs is 1. The van der Waals surface area contributed by atoms with Gasteiger partial charge in [0.15, 0.2) is 11.5 Å². The average Bonchev–Trinajstić information content (AvgIpc) is 3.60. The zero-order valence-electron chi connectivity index (χ0n) is 24.2. The van der Waals surface area contributed by atoms with Crippen LogP contribution in [0, 0.1) is 0 Å². The topological polar surface area (TPSA) is 48.8 Å². The first-order valence-electron chi connectivity index (χ1n) is 14.2. The maximum absolute atomic E-state index is 15.2. The molecule has 3 aromatic carbocycles. The number of rotatable bonds is 13. The molecule has 0 radical (unpaired) electrons. The molecule has 13 heteroatoms. The molecule has 1 aliphatic rings. The van der Waals surface area contributed by atoms with Crippen molar-refractivity contribution in [1.29, 1.82) is 0 Å². The van der Waals surface area contributed by atoms with Gasteiger partial charge in [0.1, 0.15) is 17.3 Å². The Morgan fingerprint density at radius 3 is 2.27 bits per heavy atom. The second-order valence-electron chi connectivity index (χ2n) is 10.5. The van der Waals surface area contributed by atoms with E-state index in [2.05, 4.69) is 9.72 Å². The van der Waals surface area contributed by atoms with Gasteiger partial charge in [0.25, 0.3) is 0 Å². The Morgan fingerprint density at radius 2 is 1.58 bits per heavy atom. The summed E-state index contributed by atoms with van der Waals surface area (Å²) in [5, 5.41) is 0. The van der Waals surface area contributed by atoms with Gasteiger partial charge in [-0.25, -0.2) is 4.98 Å². The lowest BCUT2D eigenvalue weighted by Gasteiger charge is -2.26. The SMILES string of the molecule is CCCCn1c(-c2ccccc2)nc(C(F)(F)C(F)(F)F)c1CN(Cc1cccc(OC(F)F)c1)Cc1ccc2c(c1)OCO2. The molecule has 45 heavy (non-hydrogen) atoms. The van der Waals surface area contributed by atoms with Crippen molar-refractivity contribution < 1.29 is 44.9 Å². The molecule has 2 heterocycles. The number of unbranched alkanes of at least 4 members (excludes halogenated alkanes) is 1. The van der Waals surface area contributed by atoms with Crippen LogP contribution < -0.4 is 14.2 Å². The molecule has 6 nitrogen and oxygen atoms in total. The summed E-state index contributed by atoms with van der Waals surface area (Å²) in [5.74, 6) is -4.40. The van der Waals surface area contributed by atoms with Crippen molar-refractivity contribution in [1.82, 2.24) is 14.5 Å². The molecule has 0 aliphatic carbocycles. The highest BCUT2D eigenvalue weighted by molar-refractivity contribution is 5.57. The Morgan fingerprint density at radius 1 is 0.867 bits per heavy atom. The quantitative estimate of drug-likeness (QED) is 0.138. The number of ether oxygens (including phenoxy) is 3. The minimum absolute atomic E-state index is 0.00617. The number of imidazole rings is 1. The third-order valence-electron chi connectivity index (χ3n) is 7.24. The van der Waals surface area contributed by atoms with E-state index in [9.17, 15) is 22.0 Å². The number of nitrogens with zero attached hydrogens (tertiary/aromatic N) is 3. The van der Waals surface area contributed by atoms with Gasteiger partial charge in [-0.15, -0.1) is 0 Å². The second-order valence-corrected chi connectivity index (χ2v) is 10.5. The highest BCUT2D eigenvalue weighted by atomic mass is 19.4. The van der Waals surface area contributed by atoms with Crippen LogP contribution in [0.3, 0.4) is 0 Å². The van der Waals surface area contributed by atoms with E-state index in [1.807, 2.05) is 6.92 Å². The second kappa shape index (κ2) is 13.4. The lowest BCUT2D eigenvalue weighted by molar-refractivity contribution is -0.291. The third-order valence-corrected chi connectivity index (χ3v) is 7.24. The first-order chi connectivity index (χ1) is 21.5. The molecule has 0 fully saturated rings. The van der Waals surface area contributed by atoms with Crippen molar-refractivity contribution in [2.24, 2.45) is 0 Å². The Bertz CT molecular complexity index is 1590. The standard InChI is InChI=1S/C32H30F7N3O3/c1-2-3-14-42-25(28(31(35,36)32(37,38)39)40-29(42)23-9-5-4-6-10-23)19-41(17-21-8-7-11-24(15-21)45-30(33)34)18-22-12-13-26-27(16-22)44-20-43-26/h4-13,15-16,30H,2-3,14,17-20H2,1H3. The Kier molecular flexibility index (Phi) is 9.56. The van der Waals surface area contributed by atoms with Gasteiger partial charge in [0.2, 0.25) is 6.79 Å². The molecule has 240 valence electrons. The highest BCUT2D eigenvalue weighted by Crippen LogP contribution is 2.46. The number of alkyl halides is 7. The molecule has 0 atom stereocenters. The minimum Gasteiger partial charge on any atom is -0.454 e. The Labute approximate surface area is 255 Å². The molecule has 0 N–H and O–H groups in total. The molecule has 5 rings (SSSR count). The Hall–Kier alpha value is -4.26. The fourth-order valence-corrected chi connectivity index (χ4v) is 5.15. The van der Waals surface area contributed by atoms with Crippen LogP contribution in [0.15, 0.2) is 72.8 Å². The van der Waals surface area contributed by atoms with E-state index in [-0.39, 0.29) is 50.2 Å². The third kappa shape index (κ3) is 7.35. The summed E-state index contributed by atoms with van der Waals surface area (Å²) in [6.07, 6.45) is -4.76. The van der Waals surface area contributed by atoms with Gasteiger partial charge in [0, 0.05) is 31.7 Å². The summed E-state index contributed by atoms with van der Waals surface area (Å²) in [4.78, 5) is 5.60. The monoisotopic (exact) mass is 637 g/mol. The van der Waals surface area contributed by atoms with Crippen LogP contribution in [0.2, 0.25) is 0 Å². The minimum atomic E-state index is -5.90. The molecule has 0 spiro atoms. The molecule has 0 amide bonds. The number of hydrogen-bond donors (Lipinski definition) is 0. The lowest BCUT2D eigenvalue weighted by Crippen LogP contribution is -2.36. The van der Waals surface area contributed by atoms with Crippen molar-refractivity contribution in [3.8, 4) is 28.6 Å². The smallest absolute Gasteiger partial charge is 0.454 e. The fraction of sp³-hybridized carbons (Fsp3) is 0.344. The Balaban J connectivity index is 1.61. The summed E-state index contributed by atoms with van der Waals surface area (Å²) in [6, 6.07) is 19.1. The van der Waals surface area contributed by atoms with E-state index >= 15 is 8.78 Å². The molecular formula is C32H30F7N3O3. The summed E-state index contributed by atoms with van der Waals surface area (Å²) in [7, 11) is 0. The summed E-state index contributed by atoms with van der Waals surface area (Å²) in [5.41, 5.74) is -0.161. The maximum Gasteiger partial charge on any atom is 0.459 e. The van der Waals surface area contributed by atoms with E-state index in [4.69, 9.17) is 9.47 Å². The van der Waals surface area contributed by atoms with Crippen LogP contribution in [-0.4, -0.2) is 34.0 Å². The van der Waals surface area contributed by atoms with Gasteiger partial charge >= 0.3 is 18.7 Å². The lowest BCUT2D eigenvalue weighted by atomic mass is 10.1. The van der Waals surface area contributed by atoms with Crippen molar-refractivity contribution in [2.75, 3.05) is 6.79 Å². The first kappa shape index (κ1) is 32.1. The predicted molar refractivity (Wildman–Crippen MR) is 151 cm³/mol. The van der Waals surface area contributed by atoms with Gasteiger partial charge < -0.3 is 18.8 Å². The molecule has 0 unspecified atom stereocenters. The number of halogens is 7. The van der Waals surface area contributed by atoms with Crippen molar-refractivity contribution >= 4 is 0 Å². The molecule has 0 saturated carbocycles. The van der Waals surface area contributed by atoms with Gasteiger partial charge in [-0.2, -0.15) is 30.7 Å². The molecule has 0 saturated heterocycles. The van der Waals surface area contributed by atoms with Crippen molar-refractivity contribution in [3.63, 3.8) is 0 Å². The molecule has 1 aromatic heterocycles. The van der Waals surface area contributed by atoms with Crippen LogP contribution in [0.25, 0.3) is 11.4 Å². The maximum atomic E-state index is 15.2. The van der Waals surface area contributed by atoms with E-state index < -0.39 is 24.4 Å². The summed E-state index contributed by atoms with van der Waals surface area (Å²) in [6.45, 7) is -1.33. The van der Waals surface area contributed by atoms with Gasteiger partial charge in [-0.3, -0.25) is 4.90 Å². The largest absolute Gasteiger partial charge is 0.459 e. The van der Waals surface area contributed by atoms with Crippen LogP contribution >= 0.6 is 0 Å². The molecule has 4 aromatic rings. The van der Waals surface area contributed by atoms with E-state index in [0.29, 0.717) is 41.0 Å². The van der Waals surface area contributed by atoms with Crippen molar-refractivity contribution in [3.05, 3.63) is 95.3 Å². The van der Waals surface area contributed by atoms with Crippen LogP contribution in [-0.2, 0) is 32.1 Å². The number of benzene rings is 3. The predicted octanol–water partition coefficient (Wildman–Crippen LogP) is 8.54. The molecule has 0 bridgehead atoms. The first-order valence-corrected chi connectivity index (χ1v) is 14.2. The van der Waals surface area contributed by atoms with E-state index in [1.165, 1.54) is 22.8 Å². The zero-order chi connectivity index (χ0) is 32.2. The van der Waals surface area contributed by atoms with Gasteiger partial charge in [-0.1, -0.05) is 61.9 Å². The van der Waals surface area contributed by atoms with E-state index in [1.54, 1.807) is 59.5 Å². The fourth-order valence-electron chi connectivity index (χ4n) is 5.15. The molecule has 1 aliphatic heterocycles. The molecular weight excluding hydrogens is 607 g/mol. The van der Waals surface area contributed by atoms with Crippen LogP contribution in [0.1, 0.15) is 42.3 Å². The van der Waals surface area contributed by atoms with Crippen molar-refractivity contribution in [2.45, 2.75) is 64.7 Å². The summed E-state index contributed by atoms with van der Waals surface area (Å²) < 4.78 is 115. The summed E-state index contributed by atoms with van der Waals surface area (Å²) >= 11 is 0. The number of hydrogen-bond acceptors (Lipinski definition) is 5. The van der Waals surface area contributed by atoms with Gasteiger partial charge in [-0.05, 0) is 41.8 Å². The van der Waals surface area contributed by atoms with Crippen LogP contribution in [0.5, 0.6) is 17.2 Å². The zero-order valence-corrected chi connectivity index (χ0v) is 24.2. The van der Waals surface area contributed by atoms with E-state index in [0.717, 1.165) is 0 Å². The number of aromatic nitrogens is 2. The van der Waals surface area contributed by atoms with Gasteiger partial charge in [0.05, 0.1) is 5.69 Å². The van der Waals surface area contributed by atoms with Crippen LogP contribution in [0.4, 0.5) is 30.7 Å². The normalized spacial score (nSPS) is 13.2. The average molecular weight is 638 g/mol.